The van der Waals surface area contributed by atoms with Gasteiger partial charge in [-0.2, -0.15) is 0 Å². The number of carbonyl (C=O) groups is 5. The molecular weight excluding hydrogens is 528 g/mol. The number of primary amides is 1. The fourth-order valence-electron chi connectivity index (χ4n) is 8.17. The van der Waals surface area contributed by atoms with Crippen LogP contribution in [0.25, 0.3) is 0 Å². The number of carbonyl (C=O) groups excluding carboxylic acids is 5. The molecule has 1 aliphatic heterocycles. The van der Waals surface area contributed by atoms with Crippen LogP contribution in [0.4, 0.5) is 11.4 Å². The molecule has 1 heterocycles. The molecule has 4 aliphatic rings. The fraction of sp³-hybridized carbons (Fsp3) is 0.633. The minimum absolute atomic E-state index is 0.00593. The highest BCUT2D eigenvalue weighted by Crippen LogP contribution is 2.52. The van der Waals surface area contributed by atoms with Crippen molar-refractivity contribution in [2.75, 3.05) is 24.3 Å². The van der Waals surface area contributed by atoms with Gasteiger partial charge < -0.3 is 31.5 Å². The maximum atomic E-state index is 14.1. The summed E-state index contributed by atoms with van der Waals surface area (Å²) in [5.74, 6) is -10.1. The molecule has 6 N–H and O–H groups in total. The van der Waals surface area contributed by atoms with E-state index in [-0.39, 0.29) is 47.7 Å². The molecule has 1 aromatic rings. The average molecular weight is 569 g/mol. The molecule has 0 bridgehead atoms. The van der Waals surface area contributed by atoms with Crippen LogP contribution in [0.3, 0.4) is 0 Å². The molecule has 5 atom stereocenters. The van der Waals surface area contributed by atoms with Crippen molar-refractivity contribution < 1.29 is 34.2 Å². The Bertz CT molecular complexity index is 1370. The predicted octanol–water partition coefficient (Wildman–Crippen LogP) is 1.11. The first-order valence-corrected chi connectivity index (χ1v) is 14.2. The number of hydrogen-bond acceptors (Lipinski definition) is 10. The van der Waals surface area contributed by atoms with Crippen LogP contribution in [0, 0.1) is 23.7 Å². The van der Waals surface area contributed by atoms with Crippen molar-refractivity contribution in [3.8, 4) is 5.75 Å². The number of nitrogens with one attached hydrogen (secondary N) is 2. The number of amides is 1. The fourth-order valence-corrected chi connectivity index (χ4v) is 8.17. The minimum Gasteiger partial charge on any atom is -0.505 e. The van der Waals surface area contributed by atoms with Crippen LogP contribution >= 0.6 is 0 Å². The SMILES string of the molecule is CN(C)c1cc(NC2CC(C)(C)NC(C)(C)C2)c(O)c2c1C[C@H]1C[C@H]3CC(=O)C(C(N)=O)C(=O)[C@@]3(O)C(=O)C1C2=O. The van der Waals surface area contributed by atoms with Crippen LogP contribution < -0.4 is 21.3 Å². The van der Waals surface area contributed by atoms with Crippen LogP contribution in [-0.2, 0) is 25.6 Å². The Morgan fingerprint density at radius 1 is 1.05 bits per heavy atom. The molecule has 0 spiro atoms. The van der Waals surface area contributed by atoms with Gasteiger partial charge in [0.15, 0.2) is 34.7 Å². The first-order chi connectivity index (χ1) is 18.9. The maximum Gasteiger partial charge on any atom is 0.235 e. The number of fused-ring (bicyclic) bond motifs is 3. The number of nitrogens with two attached hydrogens (primary N) is 1. The van der Waals surface area contributed by atoms with Gasteiger partial charge in [-0.15, -0.1) is 0 Å². The van der Waals surface area contributed by atoms with Crippen molar-refractivity contribution in [2.45, 2.75) is 82.5 Å². The van der Waals surface area contributed by atoms with Crippen molar-refractivity contribution in [3.63, 3.8) is 0 Å². The van der Waals surface area contributed by atoms with Gasteiger partial charge in [0.2, 0.25) is 5.91 Å². The zero-order valence-corrected chi connectivity index (χ0v) is 24.5. The molecule has 2 unspecified atom stereocenters. The third kappa shape index (κ3) is 4.53. The zero-order valence-electron chi connectivity index (χ0n) is 24.5. The summed E-state index contributed by atoms with van der Waals surface area (Å²) in [7, 11) is 3.66. The molecule has 2 saturated carbocycles. The number of aliphatic hydroxyl groups is 1. The Balaban J connectivity index is 1.56. The number of Topliss-reactive ketones (excluding diaryl/α,β-unsaturated/α-hetero) is 4. The van der Waals surface area contributed by atoms with E-state index in [1.165, 1.54) is 0 Å². The smallest absolute Gasteiger partial charge is 0.235 e. The Hall–Kier alpha value is -3.31. The van der Waals surface area contributed by atoms with Crippen LogP contribution in [0.15, 0.2) is 6.07 Å². The van der Waals surface area contributed by atoms with E-state index >= 15 is 0 Å². The van der Waals surface area contributed by atoms with E-state index in [0.717, 1.165) is 12.8 Å². The first-order valence-electron chi connectivity index (χ1n) is 14.2. The minimum atomic E-state index is -2.66. The van der Waals surface area contributed by atoms with E-state index in [0.29, 0.717) is 16.9 Å². The number of rotatable bonds is 4. The molecule has 11 heteroatoms. The van der Waals surface area contributed by atoms with Gasteiger partial charge in [-0.1, -0.05) is 0 Å². The Morgan fingerprint density at radius 3 is 2.22 bits per heavy atom. The summed E-state index contributed by atoms with van der Waals surface area (Å²) >= 11 is 0. The third-order valence-corrected chi connectivity index (χ3v) is 9.41. The quantitative estimate of drug-likeness (QED) is 0.261. The van der Waals surface area contributed by atoms with Crippen molar-refractivity contribution in [2.24, 2.45) is 29.4 Å². The molecule has 5 rings (SSSR count). The lowest BCUT2D eigenvalue weighted by Crippen LogP contribution is -2.68. The monoisotopic (exact) mass is 568 g/mol. The lowest BCUT2D eigenvalue weighted by molar-refractivity contribution is -0.175. The molecule has 1 saturated heterocycles. The zero-order chi connectivity index (χ0) is 30.4. The molecule has 3 aliphatic carbocycles. The van der Waals surface area contributed by atoms with E-state index in [1.54, 1.807) is 0 Å². The van der Waals surface area contributed by atoms with Crippen LogP contribution in [0.5, 0.6) is 5.75 Å². The van der Waals surface area contributed by atoms with Gasteiger partial charge in [0.05, 0.1) is 17.2 Å². The number of aromatic hydroxyl groups is 1. The number of nitrogens with zero attached hydrogens (tertiary/aromatic N) is 1. The van der Waals surface area contributed by atoms with Crippen LogP contribution in [0.2, 0.25) is 0 Å². The van der Waals surface area contributed by atoms with Gasteiger partial charge in [0.25, 0.3) is 0 Å². The number of hydrogen-bond donors (Lipinski definition) is 5. The van der Waals surface area contributed by atoms with Gasteiger partial charge in [-0.25, -0.2) is 0 Å². The highest BCUT2D eigenvalue weighted by atomic mass is 16.3. The number of benzene rings is 1. The molecule has 0 radical (unpaired) electrons. The van der Waals surface area contributed by atoms with Crippen molar-refractivity contribution in [3.05, 3.63) is 17.2 Å². The summed E-state index contributed by atoms with van der Waals surface area (Å²) < 4.78 is 0. The first kappa shape index (κ1) is 29.2. The van der Waals surface area contributed by atoms with Gasteiger partial charge >= 0.3 is 0 Å². The van der Waals surface area contributed by atoms with Crippen molar-refractivity contribution >= 4 is 40.4 Å². The average Bonchev–Trinajstić information content (AvgIpc) is 2.80. The Kier molecular flexibility index (Phi) is 6.66. The van der Waals surface area contributed by atoms with Crippen LogP contribution in [-0.4, -0.2) is 76.1 Å². The van der Waals surface area contributed by atoms with E-state index in [1.807, 2.05) is 25.1 Å². The van der Waals surface area contributed by atoms with E-state index in [9.17, 15) is 34.2 Å². The second-order valence-electron chi connectivity index (χ2n) is 13.9. The second kappa shape index (κ2) is 9.35. The predicted molar refractivity (Wildman–Crippen MR) is 151 cm³/mol. The molecule has 11 nitrogen and oxygen atoms in total. The highest BCUT2D eigenvalue weighted by Gasteiger charge is 2.66. The molecule has 1 aromatic carbocycles. The summed E-state index contributed by atoms with van der Waals surface area (Å²) in [6.45, 7) is 8.44. The number of piperidine rings is 1. The summed E-state index contributed by atoms with van der Waals surface area (Å²) in [6, 6.07) is 1.79. The maximum absolute atomic E-state index is 14.1. The normalized spacial score (nSPS) is 32.6. The highest BCUT2D eigenvalue weighted by molar-refractivity contribution is 6.31. The summed E-state index contributed by atoms with van der Waals surface area (Å²) in [6.07, 6.45) is 1.47. The van der Waals surface area contributed by atoms with Crippen LogP contribution in [0.1, 0.15) is 69.3 Å². The van der Waals surface area contributed by atoms with E-state index < -0.39 is 58.3 Å². The molecule has 0 aromatic heterocycles. The standard InChI is InChI=1S/C30H40N4O7/c1-28(2)11-15(12-29(3,4)33-28)32-17-10-18(34(5)6)16-8-13-7-14-9-19(35)22(27(31)40)26(39)30(14,41)25(38)20(13)24(37)21(16)23(17)36/h10,13-15,20,22,32-33,36,41H,7-9,11-12H2,1-6H3,(H2,31,40)/t13-,14+,20?,22?,30+/m1/s1. The van der Waals surface area contributed by atoms with E-state index in [4.69, 9.17) is 5.73 Å². The number of phenols is 1. The number of phenolic OH excluding ortho intramolecular Hbond substituents is 1. The second-order valence-corrected chi connectivity index (χ2v) is 13.9. The molecule has 3 fully saturated rings. The van der Waals surface area contributed by atoms with Crippen molar-refractivity contribution in [1.29, 1.82) is 0 Å². The number of anilines is 2. The molecule has 41 heavy (non-hydrogen) atoms. The van der Waals surface area contributed by atoms with Gasteiger partial charge in [0, 0.05) is 49.2 Å². The van der Waals surface area contributed by atoms with Gasteiger partial charge in [-0.05, 0) is 70.9 Å². The van der Waals surface area contributed by atoms with E-state index in [2.05, 4.69) is 38.3 Å². The lowest BCUT2D eigenvalue weighted by atomic mass is 9.53. The summed E-state index contributed by atoms with van der Waals surface area (Å²) in [4.78, 5) is 67.4. The molecule has 222 valence electrons. The Labute approximate surface area is 239 Å². The lowest BCUT2D eigenvalue weighted by Gasteiger charge is -2.49. The largest absolute Gasteiger partial charge is 0.505 e. The summed E-state index contributed by atoms with van der Waals surface area (Å²) in [5, 5.41) is 30.0. The Morgan fingerprint density at radius 2 is 1.66 bits per heavy atom. The molecule has 1 amide bonds. The van der Waals surface area contributed by atoms with Gasteiger partial charge in [0.1, 0.15) is 5.75 Å². The molecular formula is C30H40N4O7. The number of ketones is 4. The summed E-state index contributed by atoms with van der Waals surface area (Å²) in [5.41, 5.74) is 3.91. The van der Waals surface area contributed by atoms with Crippen molar-refractivity contribution in [1.82, 2.24) is 5.32 Å². The topological polar surface area (TPSA) is 179 Å². The third-order valence-electron chi connectivity index (χ3n) is 9.41. The van der Waals surface area contributed by atoms with Gasteiger partial charge in [-0.3, -0.25) is 24.0 Å².